The average Bonchev–Trinajstić information content (AvgIpc) is 2.99. The molecule has 1 saturated carbocycles. The van der Waals surface area contributed by atoms with Crippen LogP contribution in [0.3, 0.4) is 0 Å². The highest BCUT2D eigenvalue weighted by molar-refractivity contribution is 5.67. The maximum absolute atomic E-state index is 4.89. The average molecular weight is 322 g/mol. The van der Waals surface area contributed by atoms with Crippen LogP contribution in [0.4, 0.5) is 17.6 Å². The summed E-state index contributed by atoms with van der Waals surface area (Å²) in [5.74, 6) is 2.76. The second kappa shape index (κ2) is 5.63. The normalized spacial score (nSPS) is 21.8. The molecule has 0 spiro atoms. The van der Waals surface area contributed by atoms with Crippen LogP contribution < -0.4 is 21.1 Å². The highest BCUT2D eigenvalue weighted by atomic mass is 15.4. The minimum atomic E-state index is 0.319. The van der Waals surface area contributed by atoms with E-state index < -0.39 is 0 Å². The van der Waals surface area contributed by atoms with E-state index in [-0.39, 0.29) is 0 Å². The fourth-order valence-electron chi connectivity index (χ4n) is 3.71. The summed E-state index contributed by atoms with van der Waals surface area (Å²) in [6.45, 7) is 1.89. The van der Waals surface area contributed by atoms with Gasteiger partial charge < -0.3 is 15.6 Å². The van der Waals surface area contributed by atoms with Crippen molar-refractivity contribution in [1.82, 2.24) is 15.4 Å². The molecule has 2 aromatic rings. The lowest BCUT2D eigenvalue weighted by Gasteiger charge is -2.33. The molecule has 6 nitrogen and oxygen atoms in total. The van der Waals surface area contributed by atoms with Crippen molar-refractivity contribution >= 4 is 17.6 Å². The Hall–Kier alpha value is -2.34. The first kappa shape index (κ1) is 14.0. The lowest BCUT2D eigenvalue weighted by molar-refractivity contribution is 0.443. The highest BCUT2D eigenvalue weighted by Crippen LogP contribution is 2.41. The molecule has 3 heterocycles. The van der Waals surface area contributed by atoms with Gasteiger partial charge in [-0.25, -0.2) is 5.43 Å². The number of hydrogen-bond donors (Lipinski definition) is 3. The smallest absolute Gasteiger partial charge is 0.226 e. The summed E-state index contributed by atoms with van der Waals surface area (Å²) >= 11 is 0. The number of hydrazine groups is 1. The van der Waals surface area contributed by atoms with Crippen molar-refractivity contribution in [1.29, 1.82) is 0 Å². The fraction of sp³-hybridized carbons (Fsp3) is 0.444. The zero-order valence-corrected chi connectivity index (χ0v) is 13.6. The summed E-state index contributed by atoms with van der Waals surface area (Å²) in [6, 6.07) is 11.5. The molecule has 1 aromatic heterocycles. The Balaban J connectivity index is 1.49. The summed E-state index contributed by atoms with van der Waals surface area (Å²) in [5.41, 5.74) is 9.13. The van der Waals surface area contributed by atoms with Crippen LogP contribution in [0.1, 0.15) is 42.9 Å². The number of benzene rings is 1. The first-order valence-corrected chi connectivity index (χ1v) is 8.86. The number of aromatic nitrogens is 2. The SMILES string of the molecule is c1ccc(CN2CCC3NNc4nc(NC5CCC5)nc2c43)cc1. The van der Waals surface area contributed by atoms with Crippen LogP contribution in [0, 0.1) is 0 Å². The summed E-state index contributed by atoms with van der Waals surface area (Å²) in [6.07, 6.45) is 4.81. The molecule has 3 N–H and O–H groups in total. The van der Waals surface area contributed by atoms with Crippen molar-refractivity contribution in [2.75, 3.05) is 22.2 Å². The van der Waals surface area contributed by atoms with Gasteiger partial charge in [-0.1, -0.05) is 30.3 Å². The third-order valence-electron chi connectivity index (χ3n) is 5.28. The Bertz CT molecular complexity index is 743. The van der Waals surface area contributed by atoms with Crippen molar-refractivity contribution < 1.29 is 0 Å². The molecule has 1 atom stereocenters. The molecule has 5 rings (SSSR count). The molecular formula is C18H22N6. The zero-order valence-electron chi connectivity index (χ0n) is 13.6. The molecule has 0 bridgehead atoms. The molecule has 1 fully saturated rings. The molecule has 124 valence electrons. The Kier molecular flexibility index (Phi) is 3.29. The number of hydrogen-bond acceptors (Lipinski definition) is 6. The first-order chi connectivity index (χ1) is 11.9. The molecule has 1 aliphatic carbocycles. The molecule has 0 saturated heterocycles. The van der Waals surface area contributed by atoms with Gasteiger partial charge in [-0.05, 0) is 31.2 Å². The fourth-order valence-corrected chi connectivity index (χ4v) is 3.71. The summed E-state index contributed by atoms with van der Waals surface area (Å²) in [7, 11) is 0. The van der Waals surface area contributed by atoms with Crippen LogP contribution in [-0.4, -0.2) is 22.6 Å². The molecule has 1 unspecified atom stereocenters. The third kappa shape index (κ3) is 2.38. The predicted molar refractivity (Wildman–Crippen MR) is 94.9 cm³/mol. The summed E-state index contributed by atoms with van der Waals surface area (Å²) in [4.78, 5) is 12.0. The van der Waals surface area contributed by atoms with Gasteiger partial charge >= 0.3 is 0 Å². The van der Waals surface area contributed by atoms with Gasteiger partial charge in [0.1, 0.15) is 5.82 Å². The van der Waals surface area contributed by atoms with Crippen molar-refractivity contribution in [3.05, 3.63) is 41.5 Å². The first-order valence-electron chi connectivity index (χ1n) is 8.86. The van der Waals surface area contributed by atoms with E-state index in [4.69, 9.17) is 4.98 Å². The number of anilines is 3. The van der Waals surface area contributed by atoms with E-state index in [1.807, 2.05) is 0 Å². The summed E-state index contributed by atoms with van der Waals surface area (Å²) < 4.78 is 0. The number of rotatable bonds is 4. The van der Waals surface area contributed by atoms with Gasteiger partial charge in [-0.3, -0.25) is 0 Å². The van der Waals surface area contributed by atoms with E-state index in [1.165, 1.54) is 30.4 Å². The Labute approximate surface area is 141 Å². The molecule has 3 aliphatic rings. The van der Waals surface area contributed by atoms with Crippen LogP contribution in [0.15, 0.2) is 30.3 Å². The number of nitrogens with one attached hydrogen (secondary N) is 3. The molecule has 0 amide bonds. The van der Waals surface area contributed by atoms with Crippen molar-refractivity contribution in [3.8, 4) is 0 Å². The molecule has 1 aromatic carbocycles. The Morgan fingerprint density at radius 2 is 2.00 bits per heavy atom. The van der Waals surface area contributed by atoms with Gasteiger partial charge in [-0.15, -0.1) is 0 Å². The van der Waals surface area contributed by atoms with Crippen molar-refractivity contribution in [2.45, 2.75) is 44.3 Å². The molecular weight excluding hydrogens is 300 g/mol. The number of nitrogens with zero attached hydrogens (tertiary/aromatic N) is 3. The topological polar surface area (TPSA) is 65.1 Å². The Morgan fingerprint density at radius 3 is 2.79 bits per heavy atom. The zero-order chi connectivity index (χ0) is 15.9. The third-order valence-corrected chi connectivity index (χ3v) is 5.28. The van der Waals surface area contributed by atoms with E-state index in [0.29, 0.717) is 12.1 Å². The van der Waals surface area contributed by atoms with Crippen LogP contribution >= 0.6 is 0 Å². The minimum absolute atomic E-state index is 0.319. The second-order valence-corrected chi connectivity index (χ2v) is 6.92. The van der Waals surface area contributed by atoms with Crippen LogP contribution in [0.2, 0.25) is 0 Å². The molecule has 6 heteroatoms. The van der Waals surface area contributed by atoms with Gasteiger partial charge in [0.25, 0.3) is 0 Å². The van der Waals surface area contributed by atoms with Gasteiger partial charge in [-0.2, -0.15) is 9.97 Å². The predicted octanol–water partition coefficient (Wildman–Crippen LogP) is 2.82. The molecule has 2 aliphatic heterocycles. The monoisotopic (exact) mass is 322 g/mol. The minimum Gasteiger partial charge on any atom is -0.352 e. The Morgan fingerprint density at radius 1 is 1.12 bits per heavy atom. The maximum atomic E-state index is 4.89. The lowest BCUT2D eigenvalue weighted by atomic mass is 9.93. The highest BCUT2D eigenvalue weighted by Gasteiger charge is 2.35. The standard InChI is InChI=1S/C18H22N6/c1-2-5-12(6-3-1)11-24-10-9-14-15-16(23-22-14)20-18(21-17(15)24)19-13-7-4-8-13/h1-3,5-6,13-14,22H,4,7-11H2,(H2,19,20,21,23). The van der Waals surface area contributed by atoms with Crippen molar-refractivity contribution in [2.24, 2.45) is 0 Å². The molecule has 24 heavy (non-hydrogen) atoms. The van der Waals surface area contributed by atoms with Crippen LogP contribution in [0.5, 0.6) is 0 Å². The molecule has 0 radical (unpaired) electrons. The quantitative estimate of drug-likeness (QED) is 0.804. The van der Waals surface area contributed by atoms with Crippen LogP contribution in [-0.2, 0) is 6.54 Å². The maximum Gasteiger partial charge on any atom is 0.226 e. The van der Waals surface area contributed by atoms with E-state index in [1.54, 1.807) is 0 Å². The van der Waals surface area contributed by atoms with Crippen LogP contribution in [0.25, 0.3) is 0 Å². The summed E-state index contributed by atoms with van der Waals surface area (Å²) in [5, 5.41) is 3.49. The second-order valence-electron chi connectivity index (χ2n) is 6.92. The van der Waals surface area contributed by atoms with E-state index in [0.717, 1.165) is 37.1 Å². The van der Waals surface area contributed by atoms with Gasteiger partial charge in [0.05, 0.1) is 11.6 Å². The van der Waals surface area contributed by atoms with Gasteiger partial charge in [0.2, 0.25) is 5.95 Å². The van der Waals surface area contributed by atoms with E-state index in [2.05, 4.69) is 56.4 Å². The van der Waals surface area contributed by atoms with Gasteiger partial charge in [0.15, 0.2) is 5.82 Å². The lowest BCUT2D eigenvalue weighted by Crippen LogP contribution is -2.34. The van der Waals surface area contributed by atoms with Gasteiger partial charge in [0, 0.05) is 19.1 Å². The van der Waals surface area contributed by atoms with E-state index >= 15 is 0 Å². The van der Waals surface area contributed by atoms with Crippen molar-refractivity contribution in [3.63, 3.8) is 0 Å². The largest absolute Gasteiger partial charge is 0.352 e. The van der Waals surface area contributed by atoms with E-state index in [9.17, 15) is 0 Å².